The Labute approximate surface area is 146 Å². The second-order valence-electron chi connectivity index (χ2n) is 6.38. The minimum absolute atomic E-state index is 0.00791. The minimum Gasteiger partial charge on any atom is -0.314 e. The predicted molar refractivity (Wildman–Crippen MR) is 83.0 cm³/mol. The molecule has 0 saturated carbocycles. The molecule has 1 aliphatic heterocycles. The predicted octanol–water partition coefficient (Wildman–Crippen LogP) is 4.78. The number of hydrogen-bond donors (Lipinski definition) is 1. The molecule has 0 amide bonds. The second kappa shape index (κ2) is 7.56. The number of halogens is 7. The smallest absolute Gasteiger partial charge is 0.314 e. The van der Waals surface area contributed by atoms with Crippen LogP contribution in [0.15, 0.2) is 24.3 Å². The van der Waals surface area contributed by atoms with E-state index in [1.54, 1.807) is 11.8 Å². The lowest BCUT2D eigenvalue weighted by Crippen LogP contribution is -2.45. The van der Waals surface area contributed by atoms with Crippen LogP contribution in [0.1, 0.15) is 36.1 Å². The van der Waals surface area contributed by atoms with Gasteiger partial charge in [-0.05, 0) is 25.5 Å². The molecule has 146 valence electrons. The molecular weight excluding hydrogens is 365 g/mol. The Balaban J connectivity index is 2.64. The molecule has 0 unspecified atom stereocenters. The second-order valence-corrected chi connectivity index (χ2v) is 6.38. The maximum atomic E-state index is 14.6. The Morgan fingerprint density at radius 1 is 1.12 bits per heavy atom. The Kier molecular flexibility index (Phi) is 6.02. The standard InChI is InChI=1S/C17H19F7N2/c1-10(2)7-14(26-5-3-25-4-6-26)15-12(17(22,23)24)8-11(9-13(15)18)16(19,20)21/h8-9,14,25H,1,3-7H2,2H3/t14-/m0/s1. The van der Waals surface area contributed by atoms with Gasteiger partial charge in [0.1, 0.15) is 5.82 Å². The summed E-state index contributed by atoms with van der Waals surface area (Å²) in [5, 5.41) is 3.03. The van der Waals surface area contributed by atoms with Crippen molar-refractivity contribution in [1.29, 1.82) is 0 Å². The first-order chi connectivity index (χ1) is 11.9. The molecular formula is C17H19F7N2. The maximum absolute atomic E-state index is 14.6. The lowest BCUT2D eigenvalue weighted by molar-refractivity contribution is -0.144. The normalized spacial score (nSPS) is 18.0. The molecule has 1 fully saturated rings. The van der Waals surface area contributed by atoms with Crippen molar-refractivity contribution in [2.45, 2.75) is 31.7 Å². The molecule has 1 heterocycles. The zero-order valence-electron chi connectivity index (χ0n) is 14.1. The molecule has 1 atom stereocenters. The van der Waals surface area contributed by atoms with Crippen molar-refractivity contribution in [3.05, 3.63) is 46.8 Å². The van der Waals surface area contributed by atoms with Crippen molar-refractivity contribution in [2.24, 2.45) is 0 Å². The van der Waals surface area contributed by atoms with E-state index in [-0.39, 0.29) is 18.6 Å². The minimum atomic E-state index is -5.11. The monoisotopic (exact) mass is 384 g/mol. The quantitative estimate of drug-likeness (QED) is 0.594. The van der Waals surface area contributed by atoms with Crippen LogP contribution in [-0.2, 0) is 12.4 Å². The van der Waals surface area contributed by atoms with Crippen molar-refractivity contribution >= 4 is 0 Å². The first-order valence-corrected chi connectivity index (χ1v) is 7.98. The molecule has 0 aromatic heterocycles. The van der Waals surface area contributed by atoms with Crippen molar-refractivity contribution < 1.29 is 30.7 Å². The highest BCUT2D eigenvalue weighted by Crippen LogP contribution is 2.43. The van der Waals surface area contributed by atoms with Crippen LogP contribution in [0.4, 0.5) is 30.7 Å². The largest absolute Gasteiger partial charge is 0.416 e. The summed E-state index contributed by atoms with van der Waals surface area (Å²) in [5.41, 5.74) is -3.48. The van der Waals surface area contributed by atoms with Crippen molar-refractivity contribution in [1.82, 2.24) is 10.2 Å². The zero-order chi connectivity index (χ0) is 19.7. The average molecular weight is 384 g/mol. The van der Waals surface area contributed by atoms with E-state index in [1.807, 2.05) is 0 Å². The molecule has 1 saturated heterocycles. The Hall–Kier alpha value is -1.61. The van der Waals surface area contributed by atoms with E-state index in [0.717, 1.165) is 0 Å². The van der Waals surface area contributed by atoms with E-state index in [1.165, 1.54) is 0 Å². The highest BCUT2D eigenvalue weighted by Gasteiger charge is 2.42. The van der Waals surface area contributed by atoms with E-state index in [9.17, 15) is 30.7 Å². The summed E-state index contributed by atoms with van der Waals surface area (Å²) in [4.78, 5) is 1.64. The van der Waals surface area contributed by atoms with Crippen molar-refractivity contribution in [3.8, 4) is 0 Å². The summed E-state index contributed by atoms with van der Waals surface area (Å²) in [5.74, 6) is -1.50. The van der Waals surface area contributed by atoms with Crippen LogP contribution >= 0.6 is 0 Å². The Morgan fingerprint density at radius 3 is 2.15 bits per heavy atom. The molecule has 2 rings (SSSR count). The van der Waals surface area contributed by atoms with Gasteiger partial charge in [0.2, 0.25) is 0 Å². The van der Waals surface area contributed by atoms with Crippen LogP contribution in [0.3, 0.4) is 0 Å². The SMILES string of the molecule is C=C(C)C[C@@H](c1c(F)cc(C(F)(F)F)cc1C(F)(F)F)N1CCNCC1. The van der Waals surface area contributed by atoms with Gasteiger partial charge in [0.25, 0.3) is 0 Å². The van der Waals surface area contributed by atoms with Crippen molar-refractivity contribution in [3.63, 3.8) is 0 Å². The third-order valence-corrected chi connectivity index (χ3v) is 4.23. The van der Waals surface area contributed by atoms with Gasteiger partial charge in [-0.25, -0.2) is 4.39 Å². The van der Waals surface area contributed by atoms with Gasteiger partial charge in [0, 0.05) is 37.8 Å². The van der Waals surface area contributed by atoms with Crippen LogP contribution in [0, 0.1) is 5.82 Å². The number of nitrogens with zero attached hydrogens (tertiary/aromatic N) is 1. The number of piperazine rings is 1. The fraction of sp³-hybridized carbons (Fsp3) is 0.529. The van der Waals surface area contributed by atoms with Crippen LogP contribution < -0.4 is 5.32 Å². The number of alkyl halides is 6. The first-order valence-electron chi connectivity index (χ1n) is 7.98. The fourth-order valence-corrected chi connectivity index (χ4v) is 3.09. The molecule has 0 aliphatic carbocycles. The molecule has 2 nitrogen and oxygen atoms in total. The van der Waals surface area contributed by atoms with Crippen molar-refractivity contribution in [2.75, 3.05) is 26.2 Å². The van der Waals surface area contributed by atoms with Gasteiger partial charge in [-0.2, -0.15) is 26.3 Å². The van der Waals surface area contributed by atoms with Gasteiger partial charge >= 0.3 is 12.4 Å². The molecule has 1 aliphatic rings. The summed E-state index contributed by atoms with van der Waals surface area (Å²) in [6.07, 6.45) is -10.2. The first kappa shape index (κ1) is 20.7. The van der Waals surface area contributed by atoms with E-state index in [2.05, 4.69) is 11.9 Å². The van der Waals surface area contributed by atoms with Crippen LogP contribution in [0.5, 0.6) is 0 Å². The van der Waals surface area contributed by atoms with Gasteiger partial charge in [-0.1, -0.05) is 5.57 Å². The molecule has 0 spiro atoms. The number of rotatable bonds is 4. The van der Waals surface area contributed by atoms with E-state index < -0.39 is 40.9 Å². The number of benzene rings is 1. The Bertz CT molecular complexity index is 658. The van der Waals surface area contributed by atoms with Gasteiger partial charge in [0.05, 0.1) is 11.1 Å². The zero-order valence-corrected chi connectivity index (χ0v) is 14.1. The number of nitrogens with one attached hydrogen (secondary N) is 1. The van der Waals surface area contributed by atoms with Crippen LogP contribution in [0.25, 0.3) is 0 Å². The number of hydrogen-bond acceptors (Lipinski definition) is 2. The van der Waals surface area contributed by atoms with Crippen LogP contribution in [0.2, 0.25) is 0 Å². The van der Waals surface area contributed by atoms with E-state index >= 15 is 0 Å². The Morgan fingerprint density at radius 2 is 1.69 bits per heavy atom. The van der Waals surface area contributed by atoms with Gasteiger partial charge in [-0.3, -0.25) is 4.90 Å². The summed E-state index contributed by atoms with van der Waals surface area (Å²) in [6, 6.07) is -0.905. The highest BCUT2D eigenvalue weighted by molar-refractivity contribution is 5.39. The fourth-order valence-electron chi connectivity index (χ4n) is 3.09. The van der Waals surface area contributed by atoms with E-state index in [4.69, 9.17) is 0 Å². The van der Waals surface area contributed by atoms with Gasteiger partial charge < -0.3 is 5.32 Å². The van der Waals surface area contributed by atoms with E-state index in [0.29, 0.717) is 31.8 Å². The summed E-state index contributed by atoms with van der Waals surface area (Å²) in [7, 11) is 0. The molecule has 9 heteroatoms. The lowest BCUT2D eigenvalue weighted by atomic mass is 9.91. The maximum Gasteiger partial charge on any atom is 0.416 e. The summed E-state index contributed by atoms with van der Waals surface area (Å²) in [6.45, 7) is 6.96. The van der Waals surface area contributed by atoms with Gasteiger partial charge in [-0.15, -0.1) is 6.58 Å². The molecule has 0 bridgehead atoms. The van der Waals surface area contributed by atoms with Crippen LogP contribution in [-0.4, -0.2) is 31.1 Å². The molecule has 1 aromatic carbocycles. The van der Waals surface area contributed by atoms with Gasteiger partial charge in [0.15, 0.2) is 0 Å². The third-order valence-electron chi connectivity index (χ3n) is 4.23. The molecule has 1 N–H and O–H groups in total. The topological polar surface area (TPSA) is 15.3 Å². The molecule has 26 heavy (non-hydrogen) atoms. The summed E-state index contributed by atoms with van der Waals surface area (Å²) >= 11 is 0. The lowest BCUT2D eigenvalue weighted by Gasteiger charge is -2.37. The molecule has 0 radical (unpaired) electrons. The molecule has 1 aromatic rings. The summed E-state index contributed by atoms with van der Waals surface area (Å²) < 4.78 is 93.6. The average Bonchev–Trinajstić information content (AvgIpc) is 2.51. The third kappa shape index (κ3) is 4.76. The highest BCUT2D eigenvalue weighted by atomic mass is 19.4.